The molecule has 1 amide bonds. The Labute approximate surface area is 195 Å². The summed E-state index contributed by atoms with van der Waals surface area (Å²) in [6.07, 6.45) is -4.88. The number of hydrogen-bond donors (Lipinski definition) is 1. The number of hydrogen-bond acceptors (Lipinski definition) is 3. The quantitative estimate of drug-likeness (QED) is 0.455. The highest BCUT2D eigenvalue weighted by molar-refractivity contribution is 5.94. The number of alkyl halides is 7. The van der Waals surface area contributed by atoms with E-state index in [-0.39, 0.29) is 23.1 Å². The first-order chi connectivity index (χ1) is 16.2. The molecule has 0 saturated heterocycles. The van der Waals surface area contributed by atoms with E-state index in [1.54, 1.807) is 6.07 Å². The van der Waals surface area contributed by atoms with Crippen molar-refractivity contribution in [2.75, 3.05) is 0 Å². The number of rotatable bonds is 5. The molecule has 0 bridgehead atoms. The van der Waals surface area contributed by atoms with E-state index < -0.39 is 23.6 Å². The smallest absolute Gasteiger partial charge is 0.349 e. The number of carbonyl (C=O) groups is 1. The summed E-state index contributed by atoms with van der Waals surface area (Å²) in [6.45, 7) is 2.58. The Kier molecular flexibility index (Phi) is 5.89. The van der Waals surface area contributed by atoms with Gasteiger partial charge in [0.15, 0.2) is 0 Å². The molecule has 0 spiro atoms. The maximum absolute atomic E-state index is 14.5. The Bertz CT molecular complexity index is 1240. The number of nitrogens with one attached hydrogen (secondary N) is 1. The number of aromatic nitrogens is 3. The van der Waals surface area contributed by atoms with E-state index in [0.29, 0.717) is 34.5 Å². The van der Waals surface area contributed by atoms with E-state index in [2.05, 4.69) is 15.4 Å². The van der Waals surface area contributed by atoms with E-state index in [1.165, 1.54) is 43.3 Å². The van der Waals surface area contributed by atoms with Crippen molar-refractivity contribution < 1.29 is 35.5 Å². The molecule has 35 heavy (non-hydrogen) atoms. The predicted octanol–water partition coefficient (Wildman–Crippen LogP) is 5.73. The molecule has 1 aromatic carbocycles. The van der Waals surface area contributed by atoms with Crippen LogP contribution >= 0.6 is 0 Å². The summed E-state index contributed by atoms with van der Waals surface area (Å²) in [5, 5.41) is 7.01. The van der Waals surface area contributed by atoms with E-state index >= 15 is 0 Å². The fourth-order valence-corrected chi connectivity index (χ4v) is 3.87. The zero-order valence-electron chi connectivity index (χ0n) is 18.4. The second-order valence-corrected chi connectivity index (χ2v) is 8.49. The van der Waals surface area contributed by atoms with Gasteiger partial charge in [-0.25, -0.2) is 9.07 Å². The first-order valence-corrected chi connectivity index (χ1v) is 10.5. The van der Waals surface area contributed by atoms with Gasteiger partial charge in [0, 0.05) is 29.6 Å². The van der Waals surface area contributed by atoms with Gasteiger partial charge in [0.2, 0.25) is 0 Å². The van der Waals surface area contributed by atoms with Crippen molar-refractivity contribution in [1.29, 1.82) is 0 Å². The van der Waals surface area contributed by atoms with E-state index in [4.69, 9.17) is 0 Å². The molecule has 3 aromatic rings. The molecule has 5 nitrogen and oxygen atoms in total. The van der Waals surface area contributed by atoms with Crippen LogP contribution in [-0.4, -0.2) is 39.1 Å². The second-order valence-electron chi connectivity index (χ2n) is 8.49. The summed E-state index contributed by atoms with van der Waals surface area (Å²) in [5.41, 5.74) is -5.63. The molecular formula is C23H19F7N4O. The fourth-order valence-electron chi connectivity index (χ4n) is 3.87. The van der Waals surface area contributed by atoms with Crippen LogP contribution in [0.5, 0.6) is 0 Å². The summed E-state index contributed by atoms with van der Waals surface area (Å²) in [4.78, 5) is 16.3. The van der Waals surface area contributed by atoms with Gasteiger partial charge in [0.1, 0.15) is 0 Å². The molecule has 0 atom stereocenters. The number of nitrogens with zero attached hydrogens (tertiary/aromatic N) is 3. The molecular weight excluding hydrogens is 481 g/mol. The van der Waals surface area contributed by atoms with Crippen molar-refractivity contribution in [2.45, 2.75) is 50.8 Å². The Morgan fingerprint density at radius 3 is 2.09 bits per heavy atom. The number of halogens is 7. The molecule has 2 aromatic heterocycles. The molecule has 1 fully saturated rings. The van der Waals surface area contributed by atoms with Crippen molar-refractivity contribution in [3.05, 3.63) is 65.2 Å². The SMILES string of the molecule is Cc1cc(C(F)(C(F)(F)F)C(F)(F)F)cc(C)c1-c1cnn(-c2cncc(C(=O)NC3CC3)c2)c1. The van der Waals surface area contributed by atoms with Crippen LogP contribution in [0.25, 0.3) is 16.8 Å². The summed E-state index contributed by atoms with van der Waals surface area (Å²) in [6, 6.07) is 2.79. The number of pyridine rings is 1. The Balaban J connectivity index is 1.69. The lowest BCUT2D eigenvalue weighted by Gasteiger charge is -2.31. The van der Waals surface area contributed by atoms with Crippen molar-refractivity contribution >= 4 is 5.91 Å². The zero-order chi connectivity index (χ0) is 25.8. The molecule has 4 rings (SSSR count). The standard InChI is InChI=1S/C23H19F7N4O/c1-12-5-16(21(24,22(25,26)27)23(28,29)30)6-13(2)19(12)15-9-32-34(11-15)18-7-14(8-31-10-18)20(35)33-17-3-4-17/h5-11,17H,3-4H2,1-2H3,(H,33,35). The van der Waals surface area contributed by atoms with Gasteiger partial charge in [0.25, 0.3) is 5.91 Å². The fraction of sp³-hybridized carbons (Fsp3) is 0.348. The molecule has 1 aliphatic rings. The van der Waals surface area contributed by atoms with Gasteiger partial charge in [-0.2, -0.15) is 31.4 Å². The minimum absolute atomic E-state index is 0.00534. The van der Waals surface area contributed by atoms with Gasteiger partial charge in [0.05, 0.1) is 23.6 Å². The van der Waals surface area contributed by atoms with Gasteiger partial charge in [-0.3, -0.25) is 9.78 Å². The summed E-state index contributed by atoms with van der Waals surface area (Å²) >= 11 is 0. The summed E-state index contributed by atoms with van der Waals surface area (Å²) in [5.74, 6) is -0.291. The number of aryl methyl sites for hydroxylation is 2. The van der Waals surface area contributed by atoms with E-state index in [1.807, 2.05) is 0 Å². The van der Waals surface area contributed by atoms with Crippen LogP contribution in [0.3, 0.4) is 0 Å². The zero-order valence-corrected chi connectivity index (χ0v) is 18.4. The molecule has 1 aliphatic carbocycles. The molecule has 0 aliphatic heterocycles. The molecule has 186 valence electrons. The van der Waals surface area contributed by atoms with Gasteiger partial charge >= 0.3 is 18.0 Å². The Morgan fingerprint density at radius 2 is 1.54 bits per heavy atom. The second kappa shape index (κ2) is 8.35. The van der Waals surface area contributed by atoms with Crippen LogP contribution in [0, 0.1) is 13.8 Å². The van der Waals surface area contributed by atoms with Crippen molar-refractivity contribution in [3.8, 4) is 16.8 Å². The first-order valence-electron chi connectivity index (χ1n) is 10.5. The largest absolute Gasteiger partial charge is 0.435 e. The van der Waals surface area contributed by atoms with Crippen LogP contribution in [0.4, 0.5) is 30.7 Å². The Hall–Kier alpha value is -3.44. The molecule has 1 saturated carbocycles. The third kappa shape index (κ3) is 4.48. The van der Waals surface area contributed by atoms with Gasteiger partial charge in [-0.1, -0.05) is 12.1 Å². The van der Waals surface area contributed by atoms with Crippen LogP contribution in [-0.2, 0) is 5.67 Å². The number of amides is 1. The predicted molar refractivity (Wildman–Crippen MR) is 112 cm³/mol. The van der Waals surface area contributed by atoms with Crippen LogP contribution in [0.2, 0.25) is 0 Å². The average Bonchev–Trinajstić information content (AvgIpc) is 3.44. The van der Waals surface area contributed by atoms with Crippen molar-refractivity contribution in [3.63, 3.8) is 0 Å². The topological polar surface area (TPSA) is 59.8 Å². The van der Waals surface area contributed by atoms with Crippen LogP contribution in [0.1, 0.15) is 39.9 Å². The maximum atomic E-state index is 14.5. The van der Waals surface area contributed by atoms with E-state index in [9.17, 15) is 35.5 Å². The highest BCUT2D eigenvalue weighted by Gasteiger charge is 2.73. The first kappa shape index (κ1) is 24.7. The lowest BCUT2D eigenvalue weighted by molar-refractivity contribution is -0.348. The summed E-state index contributed by atoms with van der Waals surface area (Å²) in [7, 11) is 0. The van der Waals surface area contributed by atoms with E-state index in [0.717, 1.165) is 12.8 Å². The minimum atomic E-state index is -6.19. The normalized spacial score (nSPS) is 14.8. The van der Waals surface area contributed by atoms with Gasteiger partial charge < -0.3 is 5.32 Å². The minimum Gasteiger partial charge on any atom is -0.349 e. The average molecular weight is 500 g/mol. The van der Waals surface area contributed by atoms with Crippen LogP contribution in [0.15, 0.2) is 43.0 Å². The molecule has 1 N–H and O–H groups in total. The molecule has 0 radical (unpaired) electrons. The third-order valence-corrected chi connectivity index (χ3v) is 5.75. The maximum Gasteiger partial charge on any atom is 0.435 e. The lowest BCUT2D eigenvalue weighted by atomic mass is 9.87. The highest BCUT2D eigenvalue weighted by atomic mass is 19.4. The summed E-state index contributed by atoms with van der Waals surface area (Å²) < 4.78 is 95.0. The molecule has 12 heteroatoms. The highest BCUT2D eigenvalue weighted by Crippen LogP contribution is 2.54. The lowest BCUT2D eigenvalue weighted by Crippen LogP contribution is -2.50. The number of carbonyl (C=O) groups excluding carboxylic acids is 1. The monoisotopic (exact) mass is 500 g/mol. The van der Waals surface area contributed by atoms with Crippen molar-refractivity contribution in [1.82, 2.24) is 20.1 Å². The Morgan fingerprint density at radius 1 is 0.943 bits per heavy atom. The third-order valence-electron chi connectivity index (χ3n) is 5.75. The van der Waals surface area contributed by atoms with Gasteiger partial charge in [-0.05, 0) is 49.4 Å². The molecule has 2 heterocycles. The van der Waals surface area contributed by atoms with Crippen molar-refractivity contribution in [2.24, 2.45) is 0 Å². The van der Waals surface area contributed by atoms with Gasteiger partial charge in [-0.15, -0.1) is 0 Å². The van der Waals surface area contributed by atoms with Crippen LogP contribution < -0.4 is 5.32 Å². The molecule has 0 unspecified atom stereocenters. The number of benzene rings is 1.